The Balaban J connectivity index is 1.43. The first-order chi connectivity index (χ1) is 18.1. The van der Waals surface area contributed by atoms with E-state index >= 15 is 0 Å². The van der Waals surface area contributed by atoms with Gasteiger partial charge in [-0.05, 0) is 53.9 Å². The van der Waals surface area contributed by atoms with Crippen LogP contribution in [0, 0.1) is 0 Å². The lowest BCUT2D eigenvalue weighted by Crippen LogP contribution is -2.53. The van der Waals surface area contributed by atoms with Crippen molar-refractivity contribution < 1.29 is 24.1 Å². The first-order valence-corrected chi connectivity index (χ1v) is 12.4. The van der Waals surface area contributed by atoms with Gasteiger partial charge in [0.2, 0.25) is 5.90 Å². The van der Waals surface area contributed by atoms with E-state index in [4.69, 9.17) is 24.3 Å². The smallest absolute Gasteiger partial charge is 0.266 e. The molecule has 8 nitrogen and oxygen atoms in total. The fraction of sp³-hybridized carbons (Fsp3) is 0.310. The van der Waals surface area contributed by atoms with Crippen molar-refractivity contribution in [2.24, 2.45) is 4.99 Å². The molecule has 0 radical (unpaired) electrons. The Bertz CT molecular complexity index is 1170. The highest BCUT2D eigenvalue weighted by Crippen LogP contribution is 2.27. The lowest BCUT2D eigenvalue weighted by Gasteiger charge is -2.23. The molecule has 0 spiro atoms. The second-order valence-corrected chi connectivity index (χ2v) is 8.83. The van der Waals surface area contributed by atoms with Crippen LogP contribution in [0.1, 0.15) is 23.1 Å². The summed E-state index contributed by atoms with van der Waals surface area (Å²) in [6, 6.07) is 25.0. The summed E-state index contributed by atoms with van der Waals surface area (Å²) in [5.74, 6) is 1.69. The lowest BCUT2D eigenvalue weighted by molar-refractivity contribution is -0.127. The molecule has 0 unspecified atom stereocenters. The molecule has 0 aliphatic carbocycles. The van der Waals surface area contributed by atoms with Gasteiger partial charge in [-0.25, -0.2) is 10.4 Å². The number of methoxy groups -OCH3 is 1. The van der Waals surface area contributed by atoms with Gasteiger partial charge >= 0.3 is 0 Å². The molecule has 3 aromatic carbocycles. The molecule has 1 aliphatic heterocycles. The first-order valence-electron chi connectivity index (χ1n) is 12.4. The molecule has 0 fully saturated rings. The molecule has 0 saturated heterocycles. The van der Waals surface area contributed by atoms with Crippen molar-refractivity contribution in [3.05, 3.63) is 95.6 Å². The summed E-state index contributed by atoms with van der Waals surface area (Å²) in [6.45, 7) is 1.23. The van der Waals surface area contributed by atoms with Crippen LogP contribution in [0.15, 0.2) is 83.9 Å². The molecule has 3 aromatic rings. The van der Waals surface area contributed by atoms with Gasteiger partial charge in [-0.3, -0.25) is 10.2 Å². The molecule has 1 aliphatic rings. The van der Waals surface area contributed by atoms with Gasteiger partial charge in [0.05, 0.1) is 13.7 Å². The number of nitrogens with one attached hydrogen (secondary N) is 2. The Morgan fingerprint density at radius 3 is 2.43 bits per heavy atom. The third-order valence-electron chi connectivity index (χ3n) is 6.10. The van der Waals surface area contributed by atoms with Gasteiger partial charge in [0.1, 0.15) is 18.1 Å². The van der Waals surface area contributed by atoms with Crippen LogP contribution < -0.4 is 20.3 Å². The summed E-state index contributed by atoms with van der Waals surface area (Å²) >= 11 is 0. The van der Waals surface area contributed by atoms with E-state index in [1.165, 1.54) is 0 Å². The molecule has 1 atom stereocenters. The summed E-state index contributed by atoms with van der Waals surface area (Å²) in [5, 5.41) is 8.92. The highest BCUT2D eigenvalue weighted by atomic mass is 16.5. The van der Waals surface area contributed by atoms with Crippen LogP contribution in [0.4, 0.5) is 0 Å². The molecule has 0 bridgehead atoms. The number of benzene rings is 3. The molecule has 37 heavy (non-hydrogen) atoms. The van der Waals surface area contributed by atoms with Gasteiger partial charge in [0.15, 0.2) is 5.54 Å². The fourth-order valence-corrected chi connectivity index (χ4v) is 4.02. The van der Waals surface area contributed by atoms with E-state index in [9.17, 15) is 4.79 Å². The van der Waals surface area contributed by atoms with E-state index in [2.05, 4.69) is 10.9 Å². The minimum Gasteiger partial charge on any atom is -0.497 e. The van der Waals surface area contributed by atoms with E-state index in [0.29, 0.717) is 37.6 Å². The molecule has 0 aromatic heterocycles. The van der Waals surface area contributed by atoms with Gasteiger partial charge < -0.3 is 19.3 Å². The topological polar surface area (TPSA) is 101 Å². The molecular weight excluding hydrogens is 470 g/mol. The number of nitrogens with zero attached hydrogens (tertiary/aromatic N) is 1. The van der Waals surface area contributed by atoms with Crippen molar-refractivity contribution in [3.8, 4) is 11.5 Å². The number of hydrogen-bond acceptors (Lipinski definition) is 7. The van der Waals surface area contributed by atoms with Gasteiger partial charge in [0.25, 0.3) is 5.91 Å². The average Bonchev–Trinajstić information content (AvgIpc) is 3.37. The number of rotatable bonds is 13. The Hall–Kier alpha value is -3.88. The van der Waals surface area contributed by atoms with E-state index < -0.39 is 5.54 Å². The maximum Gasteiger partial charge on any atom is 0.266 e. The Morgan fingerprint density at radius 1 is 1.00 bits per heavy atom. The van der Waals surface area contributed by atoms with Crippen molar-refractivity contribution in [2.45, 2.75) is 24.8 Å². The van der Waals surface area contributed by atoms with E-state index in [-0.39, 0.29) is 19.1 Å². The molecule has 4 rings (SSSR count). The van der Waals surface area contributed by atoms with E-state index in [1.54, 1.807) is 7.11 Å². The van der Waals surface area contributed by atoms with Crippen molar-refractivity contribution in [1.29, 1.82) is 0 Å². The zero-order chi connectivity index (χ0) is 25.9. The third-order valence-corrected chi connectivity index (χ3v) is 6.10. The number of aliphatic hydroxyl groups is 1. The quantitative estimate of drug-likeness (QED) is 0.245. The van der Waals surface area contributed by atoms with Gasteiger partial charge in [0, 0.05) is 31.6 Å². The van der Waals surface area contributed by atoms with Crippen LogP contribution in [0.5, 0.6) is 11.5 Å². The van der Waals surface area contributed by atoms with Crippen molar-refractivity contribution >= 4 is 11.8 Å². The molecule has 194 valence electrons. The number of carbonyl (C=O) groups excluding carboxylic acids is 1. The fourth-order valence-electron chi connectivity index (χ4n) is 4.02. The van der Waals surface area contributed by atoms with Crippen LogP contribution in [0.3, 0.4) is 0 Å². The highest BCUT2D eigenvalue weighted by Gasteiger charge is 2.44. The van der Waals surface area contributed by atoms with Crippen LogP contribution in [-0.4, -0.2) is 55.9 Å². The lowest BCUT2D eigenvalue weighted by atomic mass is 9.91. The third kappa shape index (κ3) is 7.09. The van der Waals surface area contributed by atoms with Gasteiger partial charge in [-0.1, -0.05) is 42.5 Å². The maximum atomic E-state index is 13.4. The van der Waals surface area contributed by atoms with Crippen LogP contribution in [0.25, 0.3) is 0 Å². The minimum absolute atomic E-state index is 0.0879. The monoisotopic (exact) mass is 503 g/mol. The van der Waals surface area contributed by atoms with E-state index in [0.717, 1.165) is 28.9 Å². The predicted molar refractivity (Wildman–Crippen MR) is 142 cm³/mol. The number of aliphatic imine (C=N–C) groups is 1. The molecule has 8 heteroatoms. The van der Waals surface area contributed by atoms with Gasteiger partial charge in [-0.15, -0.1) is 0 Å². The SMILES string of the molecule is COc1ccc(CCNNC(=O)[C@]2(Cc3ccccc3)COC(c3ccc(OCCCO)cc3)=N2)cc1. The number of hydrogen-bond donors (Lipinski definition) is 3. The van der Waals surface area contributed by atoms with Crippen LogP contribution >= 0.6 is 0 Å². The number of ether oxygens (including phenoxy) is 3. The molecule has 3 N–H and O–H groups in total. The molecule has 1 heterocycles. The van der Waals surface area contributed by atoms with Crippen molar-refractivity contribution in [1.82, 2.24) is 10.9 Å². The maximum absolute atomic E-state index is 13.4. The minimum atomic E-state index is -1.10. The largest absolute Gasteiger partial charge is 0.497 e. The average molecular weight is 504 g/mol. The normalized spacial score (nSPS) is 16.5. The number of aliphatic hydroxyl groups excluding tert-OH is 1. The summed E-state index contributed by atoms with van der Waals surface area (Å²) in [4.78, 5) is 18.2. The summed E-state index contributed by atoms with van der Waals surface area (Å²) in [7, 11) is 1.64. The second kappa shape index (κ2) is 12.9. The molecule has 0 saturated carbocycles. The zero-order valence-corrected chi connectivity index (χ0v) is 21.0. The first kappa shape index (κ1) is 26.2. The van der Waals surface area contributed by atoms with Crippen LogP contribution in [-0.2, 0) is 22.4 Å². The number of carbonyl (C=O) groups is 1. The van der Waals surface area contributed by atoms with Crippen LogP contribution in [0.2, 0.25) is 0 Å². The second-order valence-electron chi connectivity index (χ2n) is 8.83. The summed E-state index contributed by atoms with van der Waals surface area (Å²) < 4.78 is 16.8. The number of amides is 1. The number of hydrazine groups is 1. The highest BCUT2D eigenvalue weighted by molar-refractivity contribution is 6.00. The Labute approximate surface area is 217 Å². The standard InChI is InChI=1S/C29H33N3O5/c1-35-25-12-8-22(9-13-25)16-17-30-32-28(34)29(20-23-6-3-2-4-7-23)21-37-27(31-29)24-10-14-26(15-11-24)36-19-5-18-33/h2-4,6-15,30,33H,5,16-21H2,1H3,(H,32,34)/t29-/m0/s1. The van der Waals surface area contributed by atoms with Crippen molar-refractivity contribution in [3.63, 3.8) is 0 Å². The van der Waals surface area contributed by atoms with Gasteiger partial charge in [-0.2, -0.15) is 0 Å². The summed E-state index contributed by atoms with van der Waals surface area (Å²) in [5.41, 5.74) is 7.70. The zero-order valence-electron chi connectivity index (χ0n) is 21.0. The summed E-state index contributed by atoms with van der Waals surface area (Å²) in [6.07, 6.45) is 1.72. The molecule has 1 amide bonds. The predicted octanol–water partition coefficient (Wildman–Crippen LogP) is 3.08. The van der Waals surface area contributed by atoms with Crippen molar-refractivity contribution in [2.75, 3.05) is 33.5 Å². The molecular formula is C29H33N3O5. The Kier molecular flexibility index (Phi) is 9.13. The van der Waals surface area contributed by atoms with E-state index in [1.807, 2.05) is 78.9 Å². The Morgan fingerprint density at radius 2 is 1.73 bits per heavy atom.